The maximum absolute atomic E-state index is 6.13. The first-order valence-corrected chi connectivity index (χ1v) is 6.99. The Kier molecular flexibility index (Phi) is 4.63. The first kappa shape index (κ1) is 14.8. The molecule has 3 N–H and O–H groups in total. The fourth-order valence-electron chi connectivity index (χ4n) is 1.75. The number of halogens is 2. The molecular formula is C15H16Cl2N2O. The molecule has 0 heterocycles. The summed E-state index contributed by atoms with van der Waals surface area (Å²) >= 11 is 12.3. The van der Waals surface area contributed by atoms with Crippen LogP contribution in [0.2, 0.25) is 10.0 Å². The summed E-state index contributed by atoms with van der Waals surface area (Å²) in [7, 11) is 0. The summed E-state index contributed by atoms with van der Waals surface area (Å²) in [5, 5.41) is 4.14. The van der Waals surface area contributed by atoms with Crippen LogP contribution in [0.3, 0.4) is 0 Å². The molecule has 3 nitrogen and oxygen atoms in total. The van der Waals surface area contributed by atoms with Crippen molar-refractivity contribution < 1.29 is 4.74 Å². The van der Waals surface area contributed by atoms with Crippen molar-refractivity contribution in [2.45, 2.75) is 20.0 Å². The Labute approximate surface area is 128 Å². The molecule has 0 aromatic heterocycles. The molecule has 0 saturated heterocycles. The second-order valence-corrected chi connectivity index (χ2v) is 5.49. The van der Waals surface area contributed by atoms with Gasteiger partial charge < -0.3 is 15.8 Å². The molecule has 2 rings (SSSR count). The van der Waals surface area contributed by atoms with Crippen molar-refractivity contribution in [3.8, 4) is 5.75 Å². The highest BCUT2D eigenvalue weighted by molar-refractivity contribution is 6.39. The standard InChI is InChI=1S/C15H16Cl2N2O/c1-9(2)20-12-5-3-11(4-6-12)19-15-13(16)7-10(18)8-14(15)17/h3-9,19H,18H2,1-2H3. The van der Waals surface area contributed by atoms with E-state index in [-0.39, 0.29) is 6.10 Å². The molecule has 106 valence electrons. The SMILES string of the molecule is CC(C)Oc1ccc(Nc2c(Cl)cc(N)cc2Cl)cc1. The van der Waals surface area contributed by atoms with E-state index in [4.69, 9.17) is 33.7 Å². The second kappa shape index (κ2) is 6.25. The molecule has 0 amide bonds. The summed E-state index contributed by atoms with van der Waals surface area (Å²) in [6, 6.07) is 10.9. The minimum atomic E-state index is 0.148. The van der Waals surface area contributed by atoms with E-state index >= 15 is 0 Å². The van der Waals surface area contributed by atoms with Gasteiger partial charge in [0.2, 0.25) is 0 Å². The third-order valence-corrected chi connectivity index (χ3v) is 3.16. The van der Waals surface area contributed by atoms with Gasteiger partial charge in [-0.25, -0.2) is 0 Å². The molecule has 0 spiro atoms. The number of ether oxygens (including phenoxy) is 1. The first-order valence-electron chi connectivity index (χ1n) is 6.24. The Morgan fingerprint density at radius 1 is 1.05 bits per heavy atom. The van der Waals surface area contributed by atoms with E-state index in [1.54, 1.807) is 12.1 Å². The van der Waals surface area contributed by atoms with Crippen LogP contribution in [-0.2, 0) is 0 Å². The maximum Gasteiger partial charge on any atom is 0.119 e. The third-order valence-electron chi connectivity index (χ3n) is 2.56. The Morgan fingerprint density at radius 2 is 1.60 bits per heavy atom. The van der Waals surface area contributed by atoms with Gasteiger partial charge in [0, 0.05) is 11.4 Å². The van der Waals surface area contributed by atoms with Crippen LogP contribution in [-0.4, -0.2) is 6.10 Å². The summed E-state index contributed by atoms with van der Waals surface area (Å²) in [4.78, 5) is 0. The highest BCUT2D eigenvalue weighted by Crippen LogP contribution is 2.35. The number of hydrogen-bond acceptors (Lipinski definition) is 3. The lowest BCUT2D eigenvalue weighted by atomic mass is 10.2. The molecule has 2 aromatic rings. The van der Waals surface area contributed by atoms with Crippen molar-refractivity contribution in [2.24, 2.45) is 0 Å². The van der Waals surface area contributed by atoms with Gasteiger partial charge in [-0.2, -0.15) is 0 Å². The molecule has 0 fully saturated rings. The predicted octanol–water partition coefficient (Wildman–Crippen LogP) is 5.11. The zero-order valence-corrected chi connectivity index (χ0v) is 12.8. The van der Waals surface area contributed by atoms with E-state index < -0.39 is 0 Å². The van der Waals surface area contributed by atoms with Crippen molar-refractivity contribution in [2.75, 3.05) is 11.1 Å². The van der Waals surface area contributed by atoms with Crippen LogP contribution in [0.25, 0.3) is 0 Å². The molecule has 20 heavy (non-hydrogen) atoms. The van der Waals surface area contributed by atoms with Crippen LogP contribution in [0.15, 0.2) is 36.4 Å². The Balaban J connectivity index is 2.18. The highest BCUT2D eigenvalue weighted by Gasteiger charge is 2.08. The molecule has 0 radical (unpaired) electrons. The average Bonchev–Trinajstić information content (AvgIpc) is 2.35. The van der Waals surface area contributed by atoms with Gasteiger partial charge in [-0.15, -0.1) is 0 Å². The van der Waals surface area contributed by atoms with Crippen LogP contribution >= 0.6 is 23.2 Å². The van der Waals surface area contributed by atoms with Crippen LogP contribution in [0.5, 0.6) is 5.75 Å². The number of rotatable bonds is 4. The molecule has 2 aromatic carbocycles. The van der Waals surface area contributed by atoms with Crippen LogP contribution in [0.1, 0.15) is 13.8 Å². The zero-order valence-electron chi connectivity index (χ0n) is 11.3. The lowest BCUT2D eigenvalue weighted by Gasteiger charge is -2.13. The molecule has 0 aliphatic rings. The fourth-order valence-corrected chi connectivity index (χ4v) is 2.34. The van der Waals surface area contributed by atoms with Gasteiger partial charge in [0.25, 0.3) is 0 Å². The van der Waals surface area contributed by atoms with Gasteiger partial charge >= 0.3 is 0 Å². The smallest absolute Gasteiger partial charge is 0.119 e. The zero-order chi connectivity index (χ0) is 14.7. The lowest BCUT2D eigenvalue weighted by molar-refractivity contribution is 0.242. The molecule has 0 bridgehead atoms. The van der Waals surface area contributed by atoms with E-state index in [0.29, 0.717) is 21.4 Å². The number of nitrogen functional groups attached to an aromatic ring is 1. The van der Waals surface area contributed by atoms with Gasteiger partial charge in [0.15, 0.2) is 0 Å². The van der Waals surface area contributed by atoms with Crippen molar-refractivity contribution in [3.05, 3.63) is 46.4 Å². The summed E-state index contributed by atoms with van der Waals surface area (Å²) < 4.78 is 5.59. The van der Waals surface area contributed by atoms with Crippen molar-refractivity contribution in [3.63, 3.8) is 0 Å². The summed E-state index contributed by atoms with van der Waals surface area (Å²) in [5.74, 6) is 0.819. The van der Waals surface area contributed by atoms with E-state index in [2.05, 4.69) is 5.32 Å². The maximum atomic E-state index is 6.13. The average molecular weight is 311 g/mol. The molecule has 0 saturated carbocycles. The van der Waals surface area contributed by atoms with Gasteiger partial charge in [0.1, 0.15) is 5.75 Å². The number of hydrogen-bond donors (Lipinski definition) is 2. The lowest BCUT2D eigenvalue weighted by Crippen LogP contribution is -2.05. The van der Waals surface area contributed by atoms with E-state index in [1.165, 1.54) is 0 Å². The summed E-state index contributed by atoms with van der Waals surface area (Å²) in [6.07, 6.45) is 0.148. The number of nitrogens with one attached hydrogen (secondary N) is 1. The first-order chi connectivity index (χ1) is 9.45. The fraction of sp³-hybridized carbons (Fsp3) is 0.200. The van der Waals surface area contributed by atoms with Crippen molar-refractivity contribution in [1.82, 2.24) is 0 Å². The van der Waals surface area contributed by atoms with Crippen molar-refractivity contribution in [1.29, 1.82) is 0 Å². The van der Waals surface area contributed by atoms with E-state index in [1.807, 2.05) is 38.1 Å². The molecule has 0 aliphatic heterocycles. The van der Waals surface area contributed by atoms with Gasteiger partial charge in [0.05, 0.1) is 21.8 Å². The quantitative estimate of drug-likeness (QED) is 0.772. The van der Waals surface area contributed by atoms with Crippen LogP contribution < -0.4 is 15.8 Å². The number of benzene rings is 2. The van der Waals surface area contributed by atoms with Crippen LogP contribution in [0.4, 0.5) is 17.1 Å². The van der Waals surface area contributed by atoms with E-state index in [0.717, 1.165) is 11.4 Å². The highest BCUT2D eigenvalue weighted by atomic mass is 35.5. The number of nitrogens with two attached hydrogens (primary N) is 1. The van der Waals surface area contributed by atoms with Crippen molar-refractivity contribution >= 4 is 40.3 Å². The topological polar surface area (TPSA) is 47.3 Å². The van der Waals surface area contributed by atoms with E-state index in [9.17, 15) is 0 Å². The predicted molar refractivity (Wildman–Crippen MR) is 86.4 cm³/mol. The molecular weight excluding hydrogens is 295 g/mol. The van der Waals surface area contributed by atoms with Gasteiger partial charge in [-0.05, 0) is 50.2 Å². The Bertz CT molecular complexity index is 574. The summed E-state index contributed by atoms with van der Waals surface area (Å²) in [6.45, 7) is 3.97. The minimum absolute atomic E-state index is 0.148. The van der Waals surface area contributed by atoms with Crippen LogP contribution in [0, 0.1) is 0 Å². The number of anilines is 3. The molecule has 0 aliphatic carbocycles. The summed E-state index contributed by atoms with van der Waals surface area (Å²) in [5.41, 5.74) is 7.72. The second-order valence-electron chi connectivity index (χ2n) is 4.68. The molecule has 5 heteroatoms. The normalized spacial score (nSPS) is 10.7. The third kappa shape index (κ3) is 3.71. The van der Waals surface area contributed by atoms with Gasteiger partial charge in [-0.3, -0.25) is 0 Å². The molecule has 0 atom stereocenters. The largest absolute Gasteiger partial charge is 0.491 e. The Hall–Kier alpha value is -1.58. The minimum Gasteiger partial charge on any atom is -0.491 e. The molecule has 0 unspecified atom stereocenters. The van der Waals surface area contributed by atoms with Gasteiger partial charge in [-0.1, -0.05) is 23.2 Å². The Morgan fingerprint density at radius 3 is 2.10 bits per heavy atom. The monoisotopic (exact) mass is 310 g/mol.